The number of alkyl halides is 2. The van der Waals surface area contributed by atoms with Crippen LogP contribution < -0.4 is 10.6 Å². The van der Waals surface area contributed by atoms with Crippen molar-refractivity contribution in [1.29, 1.82) is 0 Å². The number of carbonyl (C=O) groups is 1. The van der Waals surface area contributed by atoms with Gasteiger partial charge in [0.1, 0.15) is 22.9 Å². The van der Waals surface area contributed by atoms with Crippen molar-refractivity contribution in [3.05, 3.63) is 47.9 Å². The molecule has 0 aliphatic carbocycles. The number of para-hydroxylation sites is 1. The van der Waals surface area contributed by atoms with Gasteiger partial charge in [0.15, 0.2) is 0 Å². The minimum Gasteiger partial charge on any atom is -0.366 e. The number of rotatable bonds is 3. The zero-order chi connectivity index (χ0) is 15.7. The molecule has 1 aromatic heterocycles. The van der Waals surface area contributed by atoms with Crippen LogP contribution in [0.5, 0.6) is 0 Å². The standard InChI is InChI=1S/C14H11F3N4O/c15-9-3-1-2-4-10(9)20-14(22)8-7-19-21-11(12(16)17)5-6-18-13(8)21/h1-5,7,12,18H,6H2,(H,20,22). The molecule has 8 heteroatoms. The van der Waals surface area contributed by atoms with Crippen molar-refractivity contribution in [2.24, 2.45) is 0 Å². The maximum absolute atomic E-state index is 13.5. The lowest BCUT2D eigenvalue weighted by atomic mass is 10.2. The smallest absolute Gasteiger partial charge is 0.280 e. The van der Waals surface area contributed by atoms with Crippen LogP contribution in [0.4, 0.5) is 24.7 Å². The minimum atomic E-state index is -2.71. The SMILES string of the molecule is O=C(Nc1ccccc1F)c1cnn2c1NCC=C2C(F)F. The lowest BCUT2D eigenvalue weighted by Crippen LogP contribution is -2.21. The normalized spacial score (nSPS) is 13.4. The first-order valence-electron chi connectivity index (χ1n) is 6.44. The van der Waals surface area contributed by atoms with E-state index in [2.05, 4.69) is 15.7 Å². The number of fused-ring (bicyclic) bond motifs is 1. The highest BCUT2D eigenvalue weighted by Crippen LogP contribution is 2.27. The lowest BCUT2D eigenvalue weighted by Gasteiger charge is -2.18. The van der Waals surface area contributed by atoms with E-state index >= 15 is 0 Å². The summed E-state index contributed by atoms with van der Waals surface area (Å²) in [4.78, 5) is 12.2. The molecule has 0 saturated carbocycles. The number of anilines is 2. The third kappa shape index (κ3) is 2.43. The second-order valence-corrected chi connectivity index (χ2v) is 4.56. The summed E-state index contributed by atoms with van der Waals surface area (Å²) in [7, 11) is 0. The van der Waals surface area contributed by atoms with Crippen molar-refractivity contribution >= 4 is 23.1 Å². The molecule has 0 unspecified atom stereocenters. The molecule has 2 aromatic rings. The molecule has 0 saturated heterocycles. The molecule has 0 fully saturated rings. The van der Waals surface area contributed by atoms with Gasteiger partial charge in [0, 0.05) is 6.54 Å². The van der Waals surface area contributed by atoms with Gasteiger partial charge >= 0.3 is 0 Å². The number of allylic oxidation sites excluding steroid dienone is 1. The van der Waals surface area contributed by atoms with Gasteiger partial charge in [-0.15, -0.1) is 0 Å². The van der Waals surface area contributed by atoms with Crippen molar-refractivity contribution in [1.82, 2.24) is 9.78 Å². The molecule has 0 bridgehead atoms. The number of benzene rings is 1. The van der Waals surface area contributed by atoms with Crippen LogP contribution in [0, 0.1) is 5.82 Å². The van der Waals surface area contributed by atoms with Gasteiger partial charge in [-0.25, -0.2) is 17.9 Å². The predicted molar refractivity (Wildman–Crippen MR) is 75.3 cm³/mol. The second kappa shape index (κ2) is 5.55. The average Bonchev–Trinajstić information content (AvgIpc) is 2.93. The molecule has 5 nitrogen and oxygen atoms in total. The van der Waals surface area contributed by atoms with E-state index in [-0.39, 0.29) is 29.3 Å². The summed E-state index contributed by atoms with van der Waals surface area (Å²) in [5, 5.41) is 9.00. The molecule has 22 heavy (non-hydrogen) atoms. The molecule has 114 valence electrons. The Bertz CT molecular complexity index is 754. The number of halogens is 3. The van der Waals surface area contributed by atoms with Crippen molar-refractivity contribution < 1.29 is 18.0 Å². The molecule has 3 rings (SSSR count). The summed E-state index contributed by atoms with van der Waals surface area (Å²) in [6, 6.07) is 5.68. The molecule has 1 aliphatic rings. The first kappa shape index (κ1) is 14.2. The van der Waals surface area contributed by atoms with Gasteiger partial charge in [0.25, 0.3) is 12.3 Å². The summed E-state index contributed by atoms with van der Waals surface area (Å²) in [6.45, 7) is 0.158. The summed E-state index contributed by atoms with van der Waals surface area (Å²) in [6.07, 6.45) is -0.244. The topological polar surface area (TPSA) is 59.0 Å². The van der Waals surface area contributed by atoms with E-state index in [4.69, 9.17) is 0 Å². The van der Waals surface area contributed by atoms with Crippen molar-refractivity contribution in [2.75, 3.05) is 17.2 Å². The number of amides is 1. The fourth-order valence-corrected chi connectivity index (χ4v) is 2.15. The average molecular weight is 308 g/mol. The molecule has 1 aromatic carbocycles. The molecular weight excluding hydrogens is 297 g/mol. The van der Waals surface area contributed by atoms with Crippen LogP contribution in [-0.4, -0.2) is 28.7 Å². The van der Waals surface area contributed by atoms with Gasteiger partial charge in [-0.3, -0.25) is 4.79 Å². The Labute approximate surface area is 123 Å². The number of aromatic nitrogens is 2. The molecule has 1 amide bonds. The van der Waals surface area contributed by atoms with Crippen LogP contribution in [0.15, 0.2) is 36.5 Å². The molecule has 0 atom stereocenters. The lowest BCUT2D eigenvalue weighted by molar-refractivity contribution is 0.102. The van der Waals surface area contributed by atoms with Crippen LogP contribution in [0.25, 0.3) is 5.70 Å². The number of hydrogen-bond donors (Lipinski definition) is 2. The van der Waals surface area contributed by atoms with E-state index < -0.39 is 18.1 Å². The Morgan fingerprint density at radius 2 is 2.14 bits per heavy atom. The fraction of sp³-hybridized carbons (Fsp3) is 0.143. The van der Waals surface area contributed by atoms with Crippen LogP contribution in [0.2, 0.25) is 0 Å². The quantitative estimate of drug-likeness (QED) is 0.916. The Balaban J connectivity index is 1.90. The van der Waals surface area contributed by atoms with Crippen LogP contribution >= 0.6 is 0 Å². The predicted octanol–water partition coefficient (Wildman–Crippen LogP) is 2.81. The van der Waals surface area contributed by atoms with Gasteiger partial charge in [-0.2, -0.15) is 5.10 Å². The molecule has 0 radical (unpaired) electrons. The summed E-state index contributed by atoms with van der Waals surface area (Å²) in [5.74, 6) is -1.06. The van der Waals surface area contributed by atoms with Crippen LogP contribution in [0.1, 0.15) is 10.4 Å². The van der Waals surface area contributed by atoms with E-state index in [0.29, 0.717) is 0 Å². The van der Waals surface area contributed by atoms with Gasteiger partial charge in [0.05, 0.1) is 11.9 Å². The van der Waals surface area contributed by atoms with Gasteiger partial charge in [-0.05, 0) is 18.2 Å². The monoisotopic (exact) mass is 308 g/mol. The third-order valence-electron chi connectivity index (χ3n) is 3.18. The maximum Gasteiger partial charge on any atom is 0.280 e. The van der Waals surface area contributed by atoms with Crippen LogP contribution in [-0.2, 0) is 0 Å². The van der Waals surface area contributed by atoms with Crippen molar-refractivity contribution in [2.45, 2.75) is 6.43 Å². The molecule has 2 N–H and O–H groups in total. The van der Waals surface area contributed by atoms with Crippen molar-refractivity contribution in [3.63, 3.8) is 0 Å². The number of nitrogens with one attached hydrogen (secondary N) is 2. The van der Waals surface area contributed by atoms with E-state index in [0.717, 1.165) is 4.68 Å². The Morgan fingerprint density at radius 1 is 1.36 bits per heavy atom. The summed E-state index contributed by atoms with van der Waals surface area (Å²) in [5.41, 5.74) is -0.221. The molecular formula is C14H11F3N4O. The van der Waals surface area contributed by atoms with E-state index in [1.807, 2.05) is 0 Å². The van der Waals surface area contributed by atoms with Gasteiger partial charge in [0.2, 0.25) is 0 Å². The number of nitrogens with zero attached hydrogens (tertiary/aromatic N) is 2. The van der Waals surface area contributed by atoms with Gasteiger partial charge < -0.3 is 10.6 Å². The Morgan fingerprint density at radius 3 is 2.86 bits per heavy atom. The Hall–Kier alpha value is -2.77. The van der Waals surface area contributed by atoms with Crippen molar-refractivity contribution in [3.8, 4) is 0 Å². The highest BCUT2D eigenvalue weighted by molar-refractivity contribution is 6.08. The minimum absolute atomic E-state index is 0.00730. The summed E-state index contributed by atoms with van der Waals surface area (Å²) < 4.78 is 40.3. The zero-order valence-corrected chi connectivity index (χ0v) is 11.2. The first-order chi connectivity index (χ1) is 10.6. The molecule has 0 spiro atoms. The highest BCUT2D eigenvalue weighted by atomic mass is 19.3. The number of hydrogen-bond acceptors (Lipinski definition) is 3. The number of carbonyl (C=O) groups excluding carboxylic acids is 1. The van der Waals surface area contributed by atoms with E-state index in [9.17, 15) is 18.0 Å². The van der Waals surface area contributed by atoms with Crippen LogP contribution in [0.3, 0.4) is 0 Å². The highest BCUT2D eigenvalue weighted by Gasteiger charge is 2.25. The second-order valence-electron chi connectivity index (χ2n) is 4.56. The van der Waals surface area contributed by atoms with E-state index in [1.54, 1.807) is 6.07 Å². The maximum atomic E-state index is 13.5. The largest absolute Gasteiger partial charge is 0.366 e. The Kier molecular flexibility index (Phi) is 3.58. The van der Waals surface area contributed by atoms with Gasteiger partial charge in [-0.1, -0.05) is 12.1 Å². The fourth-order valence-electron chi connectivity index (χ4n) is 2.15. The van der Waals surface area contributed by atoms with E-state index in [1.165, 1.54) is 30.5 Å². The third-order valence-corrected chi connectivity index (χ3v) is 3.18. The molecule has 1 aliphatic heterocycles. The molecule has 2 heterocycles. The zero-order valence-electron chi connectivity index (χ0n) is 11.2. The first-order valence-corrected chi connectivity index (χ1v) is 6.44. The summed E-state index contributed by atoms with van der Waals surface area (Å²) >= 11 is 0.